The van der Waals surface area contributed by atoms with E-state index >= 15 is 0 Å². The molecule has 1 saturated heterocycles. The minimum absolute atomic E-state index is 0.205. The first-order valence-electron chi connectivity index (χ1n) is 5.07. The van der Waals surface area contributed by atoms with E-state index < -0.39 is 0 Å². The van der Waals surface area contributed by atoms with Gasteiger partial charge in [0.05, 0.1) is 4.47 Å². The number of halogens is 1. The molecule has 0 radical (unpaired) electrons. The van der Waals surface area contributed by atoms with Crippen LogP contribution >= 0.6 is 28.1 Å². The van der Waals surface area contributed by atoms with Gasteiger partial charge in [0.1, 0.15) is 5.70 Å². The molecule has 0 aliphatic carbocycles. The Hall–Kier alpha value is -1.60. The fourth-order valence-corrected chi connectivity index (χ4v) is 2.46. The fraction of sp³-hybridized carbons (Fsp3) is 0.0909. The minimum atomic E-state index is -0.246. The Balaban J connectivity index is 2.01. The van der Waals surface area contributed by atoms with Crippen LogP contribution < -0.4 is 20.1 Å². The van der Waals surface area contributed by atoms with Gasteiger partial charge in [-0.15, -0.1) is 0 Å². The second kappa shape index (κ2) is 4.25. The molecule has 1 aromatic carbocycles. The molecule has 18 heavy (non-hydrogen) atoms. The largest absolute Gasteiger partial charge is 0.454 e. The van der Waals surface area contributed by atoms with Crippen LogP contribution in [0.5, 0.6) is 11.5 Å². The highest BCUT2D eigenvalue weighted by atomic mass is 79.9. The van der Waals surface area contributed by atoms with E-state index in [2.05, 4.69) is 26.6 Å². The topological polar surface area (TPSA) is 59.6 Å². The third-order valence-electron chi connectivity index (χ3n) is 2.53. The van der Waals surface area contributed by atoms with E-state index in [9.17, 15) is 4.79 Å². The molecule has 7 heteroatoms. The molecule has 0 saturated carbocycles. The van der Waals surface area contributed by atoms with E-state index in [1.165, 1.54) is 0 Å². The Kier molecular flexibility index (Phi) is 2.71. The lowest BCUT2D eigenvalue weighted by Crippen LogP contribution is -2.21. The molecule has 0 aromatic heterocycles. The summed E-state index contributed by atoms with van der Waals surface area (Å²) in [6.45, 7) is 0.205. The van der Waals surface area contributed by atoms with Crippen molar-refractivity contribution < 1.29 is 14.3 Å². The van der Waals surface area contributed by atoms with Crippen molar-refractivity contribution in [2.45, 2.75) is 0 Å². The standard InChI is InChI=1S/C11H7BrN2O3S/c12-8-5(1-2-7-9(8)17-4-16-7)3-6-10(15)14-11(18)13-6/h1-3H,4H2,(H2,13,14,15,18)/b6-3+. The molecule has 2 aliphatic rings. The van der Waals surface area contributed by atoms with E-state index in [0.29, 0.717) is 22.3 Å². The molecule has 3 rings (SSSR count). The van der Waals surface area contributed by atoms with Crippen molar-refractivity contribution in [1.82, 2.24) is 10.6 Å². The van der Waals surface area contributed by atoms with E-state index in [1.54, 1.807) is 12.1 Å². The van der Waals surface area contributed by atoms with E-state index in [1.807, 2.05) is 6.07 Å². The molecule has 0 bridgehead atoms. The maximum absolute atomic E-state index is 11.5. The summed E-state index contributed by atoms with van der Waals surface area (Å²) in [5.41, 5.74) is 1.21. The number of hydrogen-bond donors (Lipinski definition) is 2. The summed E-state index contributed by atoms with van der Waals surface area (Å²) in [4.78, 5) is 11.5. The van der Waals surface area contributed by atoms with Crippen LogP contribution in [-0.4, -0.2) is 17.8 Å². The molecule has 2 heterocycles. The summed E-state index contributed by atoms with van der Waals surface area (Å²) < 4.78 is 11.3. The molecule has 0 atom stereocenters. The van der Waals surface area contributed by atoms with Crippen LogP contribution in [0.4, 0.5) is 0 Å². The molecule has 1 aromatic rings. The molecule has 92 valence electrons. The zero-order valence-corrected chi connectivity index (χ0v) is 11.4. The van der Waals surface area contributed by atoms with Crippen LogP contribution in [0.3, 0.4) is 0 Å². The van der Waals surface area contributed by atoms with Crippen LogP contribution in [0.1, 0.15) is 5.56 Å². The molecule has 2 aliphatic heterocycles. The SMILES string of the molecule is O=C1NC(=S)N/C1=C/c1ccc2c(c1Br)OCO2. The Morgan fingerprint density at radius 3 is 2.89 bits per heavy atom. The average molecular weight is 327 g/mol. The van der Waals surface area contributed by atoms with Gasteiger partial charge in [-0.2, -0.15) is 0 Å². The number of rotatable bonds is 1. The maximum atomic E-state index is 11.5. The first-order valence-corrected chi connectivity index (χ1v) is 6.27. The molecule has 5 nitrogen and oxygen atoms in total. The Labute approximate surface area is 116 Å². The maximum Gasteiger partial charge on any atom is 0.273 e. The van der Waals surface area contributed by atoms with Crippen LogP contribution in [-0.2, 0) is 4.79 Å². The number of hydrogen-bond acceptors (Lipinski definition) is 4. The lowest BCUT2D eigenvalue weighted by Gasteiger charge is -2.04. The highest BCUT2D eigenvalue weighted by molar-refractivity contribution is 9.10. The van der Waals surface area contributed by atoms with Gasteiger partial charge in [0, 0.05) is 0 Å². The molecular formula is C11H7BrN2O3S. The molecule has 2 N–H and O–H groups in total. The number of ether oxygens (including phenoxy) is 2. The summed E-state index contributed by atoms with van der Waals surface area (Å²) in [5.74, 6) is 1.08. The smallest absolute Gasteiger partial charge is 0.273 e. The van der Waals surface area contributed by atoms with Crippen LogP contribution in [0.2, 0.25) is 0 Å². The zero-order valence-electron chi connectivity index (χ0n) is 8.95. The number of benzene rings is 1. The Bertz CT molecular complexity index is 600. The molecule has 0 spiro atoms. The monoisotopic (exact) mass is 326 g/mol. The lowest BCUT2D eigenvalue weighted by molar-refractivity contribution is -0.115. The summed E-state index contributed by atoms with van der Waals surface area (Å²) >= 11 is 8.29. The van der Waals surface area contributed by atoms with E-state index in [-0.39, 0.29) is 12.7 Å². The van der Waals surface area contributed by atoms with Gasteiger partial charge in [-0.25, -0.2) is 0 Å². The predicted octanol–water partition coefficient (Wildman–Crippen LogP) is 1.52. The minimum Gasteiger partial charge on any atom is -0.454 e. The number of thiocarbonyl (C=S) groups is 1. The van der Waals surface area contributed by atoms with Gasteiger partial charge in [0.15, 0.2) is 16.6 Å². The first-order chi connectivity index (χ1) is 8.65. The number of amides is 1. The first kappa shape index (κ1) is 11.5. The van der Waals surface area contributed by atoms with Crippen molar-refractivity contribution in [3.63, 3.8) is 0 Å². The second-order valence-electron chi connectivity index (χ2n) is 3.67. The molecule has 1 amide bonds. The van der Waals surface area contributed by atoms with Gasteiger partial charge in [-0.05, 0) is 51.9 Å². The summed E-state index contributed by atoms with van der Waals surface area (Å²) in [7, 11) is 0. The van der Waals surface area contributed by atoms with E-state index in [4.69, 9.17) is 21.7 Å². The van der Waals surface area contributed by atoms with Gasteiger partial charge in [-0.3, -0.25) is 10.1 Å². The number of carbonyl (C=O) groups is 1. The summed E-state index contributed by atoms with van der Waals surface area (Å²) in [5, 5.41) is 5.60. The Morgan fingerprint density at radius 1 is 1.33 bits per heavy atom. The van der Waals surface area contributed by atoms with Crippen LogP contribution in [0.15, 0.2) is 22.3 Å². The van der Waals surface area contributed by atoms with Gasteiger partial charge in [-0.1, -0.05) is 0 Å². The summed E-state index contributed by atoms with van der Waals surface area (Å²) in [6, 6.07) is 3.63. The number of fused-ring (bicyclic) bond motifs is 1. The van der Waals surface area contributed by atoms with Gasteiger partial charge in [0.25, 0.3) is 5.91 Å². The third kappa shape index (κ3) is 1.85. The van der Waals surface area contributed by atoms with Crippen molar-refractivity contribution in [1.29, 1.82) is 0 Å². The van der Waals surface area contributed by atoms with Crippen molar-refractivity contribution in [3.05, 3.63) is 27.9 Å². The van der Waals surface area contributed by atoms with Gasteiger partial charge in [0.2, 0.25) is 6.79 Å². The van der Waals surface area contributed by atoms with Crippen molar-refractivity contribution >= 4 is 45.2 Å². The third-order valence-corrected chi connectivity index (χ3v) is 3.55. The fourth-order valence-electron chi connectivity index (χ4n) is 1.70. The molecule has 0 unspecified atom stereocenters. The normalized spacial score (nSPS) is 19.1. The molecular weight excluding hydrogens is 320 g/mol. The second-order valence-corrected chi connectivity index (χ2v) is 4.87. The van der Waals surface area contributed by atoms with Crippen molar-refractivity contribution in [2.24, 2.45) is 0 Å². The van der Waals surface area contributed by atoms with Gasteiger partial charge >= 0.3 is 0 Å². The lowest BCUT2D eigenvalue weighted by atomic mass is 10.1. The van der Waals surface area contributed by atoms with Crippen LogP contribution in [0.25, 0.3) is 6.08 Å². The number of nitrogens with one attached hydrogen (secondary N) is 2. The predicted molar refractivity (Wildman–Crippen MR) is 72.1 cm³/mol. The van der Waals surface area contributed by atoms with Crippen molar-refractivity contribution in [3.8, 4) is 11.5 Å². The van der Waals surface area contributed by atoms with Gasteiger partial charge < -0.3 is 14.8 Å². The zero-order chi connectivity index (χ0) is 12.7. The number of carbonyl (C=O) groups excluding carboxylic acids is 1. The highest BCUT2D eigenvalue weighted by Crippen LogP contribution is 2.41. The quantitative estimate of drug-likeness (QED) is 0.605. The average Bonchev–Trinajstić information content (AvgIpc) is 2.90. The van der Waals surface area contributed by atoms with Crippen LogP contribution in [0, 0.1) is 0 Å². The molecule has 1 fully saturated rings. The van der Waals surface area contributed by atoms with E-state index in [0.717, 1.165) is 10.0 Å². The Morgan fingerprint density at radius 2 is 2.17 bits per heavy atom. The highest BCUT2D eigenvalue weighted by Gasteiger charge is 2.22. The van der Waals surface area contributed by atoms with Crippen molar-refractivity contribution in [2.75, 3.05) is 6.79 Å². The summed E-state index contributed by atoms with van der Waals surface area (Å²) in [6.07, 6.45) is 1.70.